The van der Waals surface area contributed by atoms with Gasteiger partial charge in [-0.15, -0.1) is 0 Å². The Balaban J connectivity index is 1.52. The maximum atomic E-state index is 12.1. The van der Waals surface area contributed by atoms with Crippen molar-refractivity contribution < 1.29 is 14.6 Å². The number of morpholine rings is 1. The molecular formula is C15H19ClN2O3. The molecule has 2 saturated heterocycles. The summed E-state index contributed by atoms with van der Waals surface area (Å²) >= 11 is 5.81. The number of hydrogen-bond acceptors (Lipinski definition) is 4. The van der Waals surface area contributed by atoms with Crippen molar-refractivity contribution in [1.82, 2.24) is 10.2 Å². The Labute approximate surface area is 128 Å². The van der Waals surface area contributed by atoms with Crippen LogP contribution in [0.2, 0.25) is 5.02 Å². The molecule has 0 radical (unpaired) electrons. The Morgan fingerprint density at radius 1 is 1.52 bits per heavy atom. The number of nitrogens with one attached hydrogen (secondary N) is 1. The number of benzene rings is 1. The van der Waals surface area contributed by atoms with Gasteiger partial charge in [-0.3, -0.25) is 9.69 Å². The SMILES string of the molecule is O=C(NCC1CN2CCCC2CO1)c1ccc(O)c(Cl)c1. The van der Waals surface area contributed by atoms with Gasteiger partial charge in [0.05, 0.1) is 17.7 Å². The summed E-state index contributed by atoms with van der Waals surface area (Å²) in [4.78, 5) is 14.5. The Morgan fingerprint density at radius 3 is 3.19 bits per heavy atom. The molecule has 0 saturated carbocycles. The molecule has 0 aliphatic carbocycles. The third-order valence-corrected chi connectivity index (χ3v) is 4.46. The van der Waals surface area contributed by atoms with Gasteiger partial charge in [-0.2, -0.15) is 0 Å². The van der Waals surface area contributed by atoms with Gasteiger partial charge >= 0.3 is 0 Å². The van der Waals surface area contributed by atoms with Crippen molar-refractivity contribution in [2.75, 3.05) is 26.2 Å². The number of carbonyl (C=O) groups is 1. The molecule has 2 heterocycles. The molecule has 2 aliphatic rings. The Bertz CT molecular complexity index is 538. The second kappa shape index (κ2) is 6.22. The highest BCUT2D eigenvalue weighted by atomic mass is 35.5. The molecule has 1 amide bonds. The first-order valence-corrected chi connectivity index (χ1v) is 7.63. The predicted octanol–water partition coefficient (Wildman–Crippen LogP) is 1.64. The van der Waals surface area contributed by atoms with Gasteiger partial charge < -0.3 is 15.2 Å². The summed E-state index contributed by atoms with van der Waals surface area (Å²) in [6.07, 6.45) is 2.49. The summed E-state index contributed by atoms with van der Waals surface area (Å²) in [5.74, 6) is -0.229. The van der Waals surface area contributed by atoms with Gasteiger partial charge in [0.1, 0.15) is 5.75 Å². The topological polar surface area (TPSA) is 61.8 Å². The minimum atomic E-state index is -0.205. The number of fused-ring (bicyclic) bond motifs is 1. The zero-order valence-corrected chi connectivity index (χ0v) is 12.5. The van der Waals surface area contributed by atoms with E-state index in [1.807, 2.05) is 0 Å². The minimum absolute atomic E-state index is 0.0242. The molecule has 2 unspecified atom stereocenters. The molecule has 6 heteroatoms. The van der Waals surface area contributed by atoms with Gasteiger partial charge in [0.25, 0.3) is 5.91 Å². The van der Waals surface area contributed by atoms with Crippen LogP contribution in [0.1, 0.15) is 23.2 Å². The fourth-order valence-corrected chi connectivity index (χ4v) is 3.15. The number of amides is 1. The normalized spacial score (nSPS) is 25.6. The smallest absolute Gasteiger partial charge is 0.251 e. The second-order valence-electron chi connectivity index (χ2n) is 5.62. The third-order valence-electron chi connectivity index (χ3n) is 4.16. The van der Waals surface area contributed by atoms with Crippen LogP contribution in [0, 0.1) is 0 Å². The number of phenols is 1. The van der Waals surface area contributed by atoms with Crippen molar-refractivity contribution in [2.45, 2.75) is 25.0 Å². The highest BCUT2D eigenvalue weighted by Gasteiger charge is 2.32. The molecule has 5 nitrogen and oxygen atoms in total. The van der Waals surface area contributed by atoms with E-state index in [2.05, 4.69) is 10.2 Å². The number of ether oxygens (including phenoxy) is 1. The molecule has 0 spiro atoms. The monoisotopic (exact) mass is 310 g/mol. The van der Waals surface area contributed by atoms with E-state index in [1.165, 1.54) is 25.0 Å². The Hall–Kier alpha value is -1.30. The van der Waals surface area contributed by atoms with Crippen LogP contribution < -0.4 is 5.32 Å². The van der Waals surface area contributed by atoms with Gasteiger partial charge in [-0.25, -0.2) is 0 Å². The van der Waals surface area contributed by atoms with E-state index < -0.39 is 0 Å². The van der Waals surface area contributed by atoms with Gasteiger partial charge in [0.2, 0.25) is 0 Å². The number of rotatable bonds is 3. The van der Waals surface area contributed by atoms with E-state index in [0.717, 1.165) is 19.7 Å². The summed E-state index contributed by atoms with van der Waals surface area (Å²) in [6.45, 7) is 3.25. The second-order valence-corrected chi connectivity index (χ2v) is 6.03. The lowest BCUT2D eigenvalue weighted by molar-refractivity contribution is -0.0461. The lowest BCUT2D eigenvalue weighted by Gasteiger charge is -2.35. The number of aromatic hydroxyl groups is 1. The van der Waals surface area contributed by atoms with E-state index in [4.69, 9.17) is 16.3 Å². The first-order valence-electron chi connectivity index (χ1n) is 7.26. The maximum Gasteiger partial charge on any atom is 0.251 e. The fourth-order valence-electron chi connectivity index (χ4n) is 2.97. The lowest BCUT2D eigenvalue weighted by atomic mass is 10.1. The quantitative estimate of drug-likeness (QED) is 0.891. The highest BCUT2D eigenvalue weighted by molar-refractivity contribution is 6.32. The van der Waals surface area contributed by atoms with Crippen molar-refractivity contribution in [3.8, 4) is 5.75 Å². The number of carbonyl (C=O) groups excluding carboxylic acids is 1. The summed E-state index contributed by atoms with van der Waals surface area (Å²) in [5, 5.41) is 12.4. The molecule has 114 valence electrons. The highest BCUT2D eigenvalue weighted by Crippen LogP contribution is 2.24. The Kier molecular flexibility index (Phi) is 4.33. The van der Waals surface area contributed by atoms with E-state index in [0.29, 0.717) is 18.2 Å². The van der Waals surface area contributed by atoms with Crippen LogP contribution in [0.15, 0.2) is 18.2 Å². The first-order chi connectivity index (χ1) is 10.1. The van der Waals surface area contributed by atoms with Crippen molar-refractivity contribution in [3.05, 3.63) is 28.8 Å². The molecule has 1 aromatic carbocycles. The number of phenolic OH excluding ortho intramolecular Hbond substituents is 1. The summed E-state index contributed by atoms with van der Waals surface area (Å²) in [6, 6.07) is 5.00. The Morgan fingerprint density at radius 2 is 2.38 bits per heavy atom. The molecule has 0 bridgehead atoms. The van der Waals surface area contributed by atoms with Gasteiger partial charge in [0, 0.05) is 24.7 Å². The molecule has 2 fully saturated rings. The lowest BCUT2D eigenvalue weighted by Crippen LogP contribution is -2.50. The fraction of sp³-hybridized carbons (Fsp3) is 0.533. The third kappa shape index (κ3) is 3.31. The zero-order chi connectivity index (χ0) is 14.8. The number of nitrogens with zero attached hydrogens (tertiary/aromatic N) is 1. The van der Waals surface area contributed by atoms with E-state index in [1.54, 1.807) is 6.07 Å². The molecule has 21 heavy (non-hydrogen) atoms. The van der Waals surface area contributed by atoms with Crippen LogP contribution in [0.4, 0.5) is 0 Å². The molecule has 2 atom stereocenters. The molecular weight excluding hydrogens is 292 g/mol. The van der Waals surface area contributed by atoms with E-state index >= 15 is 0 Å². The van der Waals surface area contributed by atoms with Crippen LogP contribution in [0.25, 0.3) is 0 Å². The summed E-state index contributed by atoms with van der Waals surface area (Å²) in [7, 11) is 0. The van der Waals surface area contributed by atoms with Gasteiger partial charge in [-0.05, 0) is 37.6 Å². The van der Waals surface area contributed by atoms with Crippen molar-refractivity contribution in [3.63, 3.8) is 0 Å². The molecule has 0 aromatic heterocycles. The van der Waals surface area contributed by atoms with Crippen LogP contribution >= 0.6 is 11.6 Å². The van der Waals surface area contributed by atoms with Crippen LogP contribution in [0.5, 0.6) is 5.75 Å². The largest absolute Gasteiger partial charge is 0.506 e. The molecule has 1 aromatic rings. The summed E-state index contributed by atoms with van der Waals surface area (Å²) in [5.41, 5.74) is 0.438. The van der Waals surface area contributed by atoms with Crippen LogP contribution in [-0.2, 0) is 4.74 Å². The predicted molar refractivity (Wildman–Crippen MR) is 79.8 cm³/mol. The van der Waals surface area contributed by atoms with Crippen LogP contribution in [-0.4, -0.2) is 54.3 Å². The van der Waals surface area contributed by atoms with E-state index in [9.17, 15) is 9.90 Å². The van der Waals surface area contributed by atoms with Crippen molar-refractivity contribution in [2.24, 2.45) is 0 Å². The molecule has 3 rings (SSSR count). The maximum absolute atomic E-state index is 12.1. The zero-order valence-electron chi connectivity index (χ0n) is 11.7. The average molecular weight is 311 g/mol. The van der Waals surface area contributed by atoms with E-state index in [-0.39, 0.29) is 22.8 Å². The molecule has 2 N–H and O–H groups in total. The van der Waals surface area contributed by atoms with Gasteiger partial charge in [-0.1, -0.05) is 11.6 Å². The molecule has 2 aliphatic heterocycles. The number of halogens is 1. The van der Waals surface area contributed by atoms with Gasteiger partial charge in [0.15, 0.2) is 0 Å². The average Bonchev–Trinajstić information content (AvgIpc) is 2.95. The minimum Gasteiger partial charge on any atom is -0.506 e. The van der Waals surface area contributed by atoms with Crippen molar-refractivity contribution in [1.29, 1.82) is 0 Å². The van der Waals surface area contributed by atoms with Crippen LogP contribution in [0.3, 0.4) is 0 Å². The standard InChI is InChI=1S/C15H19ClN2O3/c16-13-6-10(3-4-14(13)19)15(20)17-7-12-8-18-5-1-2-11(18)9-21-12/h3-4,6,11-12,19H,1-2,5,7-9H2,(H,17,20). The summed E-state index contributed by atoms with van der Waals surface area (Å²) < 4.78 is 5.80. The number of hydrogen-bond donors (Lipinski definition) is 2. The first kappa shape index (κ1) is 14.6. The van der Waals surface area contributed by atoms with Crippen molar-refractivity contribution >= 4 is 17.5 Å².